The molecule has 92 valence electrons. The number of hydrogen-bond donors (Lipinski definition) is 2. The molecule has 0 aliphatic heterocycles. The minimum absolute atomic E-state index is 0.0537. The Hall–Kier alpha value is -1.37. The second-order valence-electron chi connectivity index (χ2n) is 2.93. The van der Waals surface area contributed by atoms with Crippen molar-refractivity contribution in [1.29, 1.82) is 0 Å². The topological polar surface area (TPSA) is 80.3 Å². The Morgan fingerprint density at radius 1 is 1.35 bits per heavy atom. The van der Waals surface area contributed by atoms with Crippen LogP contribution in [0.25, 0.3) is 0 Å². The van der Waals surface area contributed by atoms with Crippen molar-refractivity contribution in [2.75, 3.05) is 12.4 Å². The third kappa shape index (κ3) is 4.56. The average molecular weight is 278 g/mol. The van der Waals surface area contributed by atoms with Crippen molar-refractivity contribution in [3.8, 4) is 0 Å². The van der Waals surface area contributed by atoms with E-state index in [4.69, 9.17) is 23.2 Å². The van der Waals surface area contributed by atoms with E-state index >= 15 is 0 Å². The van der Waals surface area contributed by atoms with Crippen LogP contribution in [0.2, 0.25) is 10.3 Å². The van der Waals surface area contributed by atoms with Gasteiger partial charge in [0.1, 0.15) is 11.6 Å². The van der Waals surface area contributed by atoms with Gasteiger partial charge in [0.05, 0.1) is 12.8 Å². The van der Waals surface area contributed by atoms with Crippen LogP contribution in [0.4, 0.5) is 5.69 Å². The number of pyridine rings is 1. The molecule has 1 rings (SSSR count). The summed E-state index contributed by atoms with van der Waals surface area (Å²) in [5.41, 5.74) is 2.30. The van der Waals surface area contributed by atoms with Gasteiger partial charge in [-0.2, -0.15) is 0 Å². The first-order valence-electron chi connectivity index (χ1n) is 4.46. The number of rotatable bonds is 4. The van der Waals surface area contributed by atoms with Gasteiger partial charge >= 0.3 is 0 Å². The molecule has 0 spiro atoms. The average Bonchev–Trinajstić information content (AvgIpc) is 2.22. The number of nitrogens with zero attached hydrogens (tertiary/aromatic N) is 1. The minimum atomic E-state index is -0.567. The standard InChI is InChI=1S/C9H9Cl2N3O3/c1-17-14-8(16)4-7(15)12-5-2-3-6(10)13-9(5)11/h2-3H,4H2,1H3,(H,12,15)(H,14,16). The van der Waals surface area contributed by atoms with Crippen molar-refractivity contribution in [3.63, 3.8) is 0 Å². The number of carbonyl (C=O) groups is 2. The van der Waals surface area contributed by atoms with Crippen molar-refractivity contribution in [3.05, 3.63) is 22.4 Å². The molecule has 0 saturated heterocycles. The zero-order valence-corrected chi connectivity index (χ0v) is 10.3. The lowest BCUT2D eigenvalue weighted by molar-refractivity contribution is -0.134. The van der Waals surface area contributed by atoms with Gasteiger partial charge in [-0.15, -0.1) is 0 Å². The summed E-state index contributed by atoms with van der Waals surface area (Å²) in [6.45, 7) is 0. The van der Waals surface area contributed by atoms with E-state index in [2.05, 4.69) is 15.1 Å². The van der Waals surface area contributed by atoms with Gasteiger partial charge in [0, 0.05) is 0 Å². The van der Waals surface area contributed by atoms with E-state index in [9.17, 15) is 9.59 Å². The van der Waals surface area contributed by atoms with E-state index in [1.165, 1.54) is 19.2 Å². The number of anilines is 1. The Morgan fingerprint density at radius 3 is 2.65 bits per heavy atom. The molecular weight excluding hydrogens is 269 g/mol. The molecule has 0 atom stereocenters. The molecule has 2 N–H and O–H groups in total. The first kappa shape index (κ1) is 13.7. The molecule has 2 amide bonds. The number of halogens is 2. The van der Waals surface area contributed by atoms with Crippen LogP contribution in [0.5, 0.6) is 0 Å². The van der Waals surface area contributed by atoms with Crippen LogP contribution < -0.4 is 10.8 Å². The van der Waals surface area contributed by atoms with Gasteiger partial charge in [0.15, 0.2) is 5.15 Å². The number of hydroxylamine groups is 1. The molecule has 0 unspecified atom stereocenters. The summed E-state index contributed by atoms with van der Waals surface area (Å²) in [4.78, 5) is 30.5. The highest BCUT2D eigenvalue weighted by Gasteiger charge is 2.11. The lowest BCUT2D eigenvalue weighted by atomic mass is 10.3. The smallest absolute Gasteiger partial charge is 0.252 e. The predicted molar refractivity (Wildman–Crippen MR) is 62.7 cm³/mol. The van der Waals surface area contributed by atoms with Gasteiger partial charge < -0.3 is 5.32 Å². The second-order valence-corrected chi connectivity index (χ2v) is 3.67. The third-order valence-electron chi connectivity index (χ3n) is 1.63. The molecule has 6 nitrogen and oxygen atoms in total. The van der Waals surface area contributed by atoms with E-state index < -0.39 is 11.8 Å². The number of aromatic nitrogens is 1. The first-order chi connectivity index (χ1) is 8.02. The molecule has 0 fully saturated rings. The van der Waals surface area contributed by atoms with E-state index in [0.717, 1.165) is 0 Å². The number of carbonyl (C=O) groups excluding carboxylic acids is 2. The summed E-state index contributed by atoms with van der Waals surface area (Å²) >= 11 is 11.3. The van der Waals surface area contributed by atoms with Gasteiger partial charge in [-0.05, 0) is 12.1 Å². The van der Waals surface area contributed by atoms with Gasteiger partial charge in [-0.25, -0.2) is 10.5 Å². The van der Waals surface area contributed by atoms with Crippen molar-refractivity contribution in [1.82, 2.24) is 10.5 Å². The molecule has 0 saturated carbocycles. The quantitative estimate of drug-likeness (QED) is 0.495. The number of nitrogens with one attached hydrogen (secondary N) is 2. The maximum absolute atomic E-state index is 11.4. The highest BCUT2D eigenvalue weighted by Crippen LogP contribution is 2.21. The van der Waals surface area contributed by atoms with Crippen LogP contribution in [-0.4, -0.2) is 23.9 Å². The third-order valence-corrected chi connectivity index (χ3v) is 2.12. The monoisotopic (exact) mass is 277 g/mol. The molecule has 0 aliphatic rings. The van der Waals surface area contributed by atoms with Crippen molar-refractivity contribution in [2.45, 2.75) is 6.42 Å². The van der Waals surface area contributed by atoms with E-state index in [1.54, 1.807) is 0 Å². The molecule has 1 heterocycles. The molecule has 17 heavy (non-hydrogen) atoms. The number of amides is 2. The Kier molecular flexibility index (Phi) is 5.14. The fourth-order valence-electron chi connectivity index (χ4n) is 0.996. The highest BCUT2D eigenvalue weighted by molar-refractivity contribution is 6.34. The highest BCUT2D eigenvalue weighted by atomic mass is 35.5. The molecule has 0 radical (unpaired) electrons. The zero-order valence-electron chi connectivity index (χ0n) is 8.79. The van der Waals surface area contributed by atoms with Crippen molar-refractivity contribution >= 4 is 40.7 Å². The van der Waals surface area contributed by atoms with Crippen molar-refractivity contribution in [2.24, 2.45) is 0 Å². The van der Waals surface area contributed by atoms with E-state index in [0.29, 0.717) is 0 Å². The fourth-order valence-corrected chi connectivity index (χ4v) is 1.39. The SMILES string of the molecule is CONC(=O)CC(=O)Nc1ccc(Cl)nc1Cl. The van der Waals surface area contributed by atoms with Gasteiger partial charge in [0.25, 0.3) is 5.91 Å². The summed E-state index contributed by atoms with van der Waals surface area (Å²) in [6, 6.07) is 2.96. The fraction of sp³-hybridized carbons (Fsp3) is 0.222. The van der Waals surface area contributed by atoms with Gasteiger partial charge in [0.2, 0.25) is 5.91 Å². The molecule has 1 aromatic heterocycles. The molecule has 8 heteroatoms. The van der Waals surface area contributed by atoms with Crippen LogP contribution in [-0.2, 0) is 14.4 Å². The Morgan fingerprint density at radius 2 is 2.06 bits per heavy atom. The second kappa shape index (κ2) is 6.39. The van der Waals surface area contributed by atoms with Crippen LogP contribution >= 0.6 is 23.2 Å². The summed E-state index contributed by atoms with van der Waals surface area (Å²) < 4.78 is 0. The van der Waals surface area contributed by atoms with E-state index in [1.807, 2.05) is 5.48 Å². The maximum atomic E-state index is 11.4. The predicted octanol–water partition coefficient (Wildman–Crippen LogP) is 1.39. The van der Waals surface area contributed by atoms with Crippen LogP contribution in [0.15, 0.2) is 12.1 Å². The molecular formula is C9H9Cl2N3O3. The van der Waals surface area contributed by atoms with Gasteiger partial charge in [-0.1, -0.05) is 23.2 Å². The minimum Gasteiger partial charge on any atom is -0.323 e. The largest absolute Gasteiger partial charge is 0.323 e. The van der Waals surface area contributed by atoms with Crippen LogP contribution in [0, 0.1) is 0 Å². The summed E-state index contributed by atoms with van der Waals surface area (Å²) in [5.74, 6) is -1.10. The summed E-state index contributed by atoms with van der Waals surface area (Å²) in [7, 11) is 1.27. The molecule has 0 bridgehead atoms. The maximum Gasteiger partial charge on any atom is 0.252 e. The Bertz CT molecular complexity index is 439. The molecule has 1 aromatic rings. The lowest BCUT2D eigenvalue weighted by Crippen LogP contribution is -2.27. The summed E-state index contributed by atoms with van der Waals surface area (Å²) in [6.07, 6.45) is -0.382. The summed E-state index contributed by atoms with van der Waals surface area (Å²) in [5, 5.41) is 2.69. The van der Waals surface area contributed by atoms with Gasteiger partial charge in [-0.3, -0.25) is 14.4 Å². The van der Waals surface area contributed by atoms with Crippen LogP contribution in [0.1, 0.15) is 6.42 Å². The van der Waals surface area contributed by atoms with Crippen molar-refractivity contribution < 1.29 is 14.4 Å². The zero-order chi connectivity index (χ0) is 12.8. The normalized spacial score (nSPS) is 9.82. The molecule has 0 aliphatic carbocycles. The van der Waals surface area contributed by atoms with Crippen LogP contribution in [0.3, 0.4) is 0 Å². The Balaban J connectivity index is 2.59. The van der Waals surface area contributed by atoms with E-state index in [-0.39, 0.29) is 22.4 Å². The lowest BCUT2D eigenvalue weighted by Gasteiger charge is -2.06. The Labute approximate surface area is 107 Å². The first-order valence-corrected chi connectivity index (χ1v) is 5.22. The molecule has 0 aromatic carbocycles. The number of hydrogen-bond acceptors (Lipinski definition) is 4.